The maximum Gasteiger partial charge on any atom is 0.138 e. The first-order valence-corrected chi connectivity index (χ1v) is 8.49. The van der Waals surface area contributed by atoms with E-state index >= 15 is 0 Å². The Morgan fingerprint density at radius 3 is 2.80 bits per heavy atom. The van der Waals surface area contributed by atoms with Gasteiger partial charge in [0.15, 0.2) is 0 Å². The number of nitrogens with zero attached hydrogens (tertiary/aromatic N) is 1. The van der Waals surface area contributed by atoms with E-state index in [9.17, 15) is 0 Å². The predicted octanol–water partition coefficient (Wildman–Crippen LogP) is 5.48. The van der Waals surface area contributed by atoms with Crippen LogP contribution in [0, 0.1) is 16.7 Å². The molecule has 0 radical (unpaired) electrons. The Kier molecular flexibility index (Phi) is 3.57. The highest BCUT2D eigenvalue weighted by Crippen LogP contribution is 2.63. The molecule has 4 heteroatoms. The summed E-state index contributed by atoms with van der Waals surface area (Å²) in [5.41, 5.74) is 0.588. The molecule has 3 atom stereocenters. The molecule has 2 aliphatic carbocycles. The number of pyridine rings is 1. The summed E-state index contributed by atoms with van der Waals surface area (Å²) in [7, 11) is 0. The second kappa shape index (κ2) is 4.88. The minimum absolute atomic E-state index is 0.241. The predicted molar refractivity (Wildman–Crippen MR) is 85.2 cm³/mol. The second-order valence-electron chi connectivity index (χ2n) is 7.00. The largest absolute Gasteiger partial charge is 0.488 e. The van der Waals surface area contributed by atoms with Gasteiger partial charge in [-0.05, 0) is 52.9 Å². The second-order valence-corrected chi connectivity index (χ2v) is 8.24. The van der Waals surface area contributed by atoms with Crippen LogP contribution < -0.4 is 4.74 Å². The van der Waals surface area contributed by atoms with E-state index in [4.69, 9.17) is 16.3 Å². The summed E-state index contributed by atoms with van der Waals surface area (Å²) in [5.74, 6) is 1.66. The van der Waals surface area contributed by atoms with Crippen molar-refractivity contribution < 1.29 is 4.74 Å². The van der Waals surface area contributed by atoms with Crippen LogP contribution >= 0.6 is 27.5 Å². The summed E-state index contributed by atoms with van der Waals surface area (Å²) in [6, 6.07) is 1.81. The van der Waals surface area contributed by atoms with Crippen LogP contribution in [-0.4, -0.2) is 11.1 Å². The molecule has 110 valence electrons. The van der Waals surface area contributed by atoms with E-state index in [-0.39, 0.29) is 11.5 Å². The van der Waals surface area contributed by atoms with Gasteiger partial charge in [-0.2, -0.15) is 0 Å². The smallest absolute Gasteiger partial charge is 0.138 e. The molecule has 3 rings (SSSR count). The van der Waals surface area contributed by atoms with E-state index in [1.807, 2.05) is 6.07 Å². The topological polar surface area (TPSA) is 22.1 Å². The van der Waals surface area contributed by atoms with Gasteiger partial charge in [-0.25, -0.2) is 4.98 Å². The van der Waals surface area contributed by atoms with Crippen LogP contribution in [0.15, 0.2) is 16.7 Å². The molecule has 2 aliphatic rings. The molecule has 1 heterocycles. The molecule has 0 amide bonds. The van der Waals surface area contributed by atoms with Crippen molar-refractivity contribution in [3.8, 4) is 5.75 Å². The van der Waals surface area contributed by atoms with Gasteiger partial charge >= 0.3 is 0 Å². The number of rotatable bonds is 2. The monoisotopic (exact) mass is 357 g/mol. The number of ether oxygens (including phenoxy) is 1. The van der Waals surface area contributed by atoms with Crippen molar-refractivity contribution in [1.29, 1.82) is 0 Å². The average molecular weight is 359 g/mol. The molecular formula is C16H21BrClNO. The number of hydrogen-bond donors (Lipinski definition) is 0. The van der Waals surface area contributed by atoms with E-state index in [2.05, 4.69) is 41.7 Å². The standard InChI is InChI=1S/C16H21BrClNO/c1-15(2)10-4-5-13(16(15,3)7-6-10)20-12-8-14(18)19-9-11(12)17/h8-10,13H,4-7H2,1-3H3. The highest BCUT2D eigenvalue weighted by Gasteiger charge is 2.58. The Morgan fingerprint density at radius 1 is 1.30 bits per heavy atom. The van der Waals surface area contributed by atoms with Gasteiger partial charge in [0.1, 0.15) is 17.0 Å². The van der Waals surface area contributed by atoms with Gasteiger partial charge in [0.25, 0.3) is 0 Å². The number of hydrogen-bond acceptors (Lipinski definition) is 2. The van der Waals surface area contributed by atoms with Crippen molar-refractivity contribution in [2.24, 2.45) is 16.7 Å². The van der Waals surface area contributed by atoms with Crippen molar-refractivity contribution in [2.45, 2.75) is 52.6 Å². The molecule has 0 spiro atoms. The van der Waals surface area contributed by atoms with E-state index in [0.29, 0.717) is 10.6 Å². The molecule has 2 fully saturated rings. The lowest BCUT2D eigenvalue weighted by atomic mass is 9.58. The van der Waals surface area contributed by atoms with Gasteiger partial charge in [0.05, 0.1) is 4.47 Å². The third-order valence-corrected chi connectivity index (χ3v) is 6.85. The third kappa shape index (κ3) is 2.09. The zero-order valence-electron chi connectivity index (χ0n) is 12.2. The molecule has 2 saturated carbocycles. The molecule has 0 aromatic carbocycles. The van der Waals surface area contributed by atoms with Crippen molar-refractivity contribution in [2.75, 3.05) is 0 Å². The summed E-state index contributed by atoms with van der Waals surface area (Å²) >= 11 is 9.50. The number of fused-ring (bicyclic) bond motifs is 2. The number of halogens is 2. The van der Waals surface area contributed by atoms with E-state index in [1.54, 1.807) is 6.20 Å². The Hall–Kier alpha value is -0.280. The normalized spacial score (nSPS) is 35.0. The maximum absolute atomic E-state index is 6.36. The summed E-state index contributed by atoms with van der Waals surface area (Å²) in [6.45, 7) is 7.22. The van der Waals surface area contributed by atoms with Gasteiger partial charge in [-0.15, -0.1) is 0 Å². The Balaban J connectivity index is 1.89. The van der Waals surface area contributed by atoms with Crippen LogP contribution in [0.2, 0.25) is 5.15 Å². The van der Waals surface area contributed by atoms with Crippen molar-refractivity contribution in [1.82, 2.24) is 4.98 Å². The fourth-order valence-corrected chi connectivity index (χ4v) is 4.66. The third-order valence-electron chi connectivity index (χ3n) is 6.05. The van der Waals surface area contributed by atoms with Gasteiger partial charge in [-0.3, -0.25) is 0 Å². The minimum Gasteiger partial charge on any atom is -0.488 e. The molecule has 1 aromatic heterocycles. The van der Waals surface area contributed by atoms with Gasteiger partial charge in [-0.1, -0.05) is 32.4 Å². The average Bonchev–Trinajstić information content (AvgIpc) is 2.52. The van der Waals surface area contributed by atoms with Gasteiger partial charge < -0.3 is 4.74 Å². The zero-order chi connectivity index (χ0) is 14.5. The molecule has 3 unspecified atom stereocenters. The zero-order valence-corrected chi connectivity index (χ0v) is 14.6. The van der Waals surface area contributed by atoms with Crippen LogP contribution in [0.4, 0.5) is 0 Å². The van der Waals surface area contributed by atoms with E-state index in [0.717, 1.165) is 22.6 Å². The first-order valence-electron chi connectivity index (χ1n) is 7.32. The van der Waals surface area contributed by atoms with Gasteiger partial charge in [0.2, 0.25) is 0 Å². The summed E-state index contributed by atoms with van der Waals surface area (Å²) < 4.78 is 7.24. The van der Waals surface area contributed by atoms with Crippen LogP contribution in [-0.2, 0) is 0 Å². The van der Waals surface area contributed by atoms with Crippen molar-refractivity contribution in [3.05, 3.63) is 21.9 Å². The number of aromatic nitrogens is 1. The molecule has 20 heavy (non-hydrogen) atoms. The van der Waals surface area contributed by atoms with E-state index < -0.39 is 0 Å². The van der Waals surface area contributed by atoms with Crippen LogP contribution in [0.1, 0.15) is 46.5 Å². The van der Waals surface area contributed by atoms with Crippen LogP contribution in [0.5, 0.6) is 5.75 Å². The Bertz CT molecular complexity index is 533. The maximum atomic E-state index is 6.36. The highest BCUT2D eigenvalue weighted by atomic mass is 79.9. The summed E-state index contributed by atoms with van der Waals surface area (Å²) in [5, 5.41) is 0.479. The first-order chi connectivity index (χ1) is 9.34. The molecule has 0 N–H and O–H groups in total. The molecule has 0 aliphatic heterocycles. The van der Waals surface area contributed by atoms with Crippen LogP contribution in [0.25, 0.3) is 0 Å². The SMILES string of the molecule is CC1(C)C2CCC(Oc3cc(Cl)ncc3Br)C1(C)CC2. The molecular weight excluding hydrogens is 338 g/mol. The fourth-order valence-electron chi connectivity index (χ4n) is 4.20. The van der Waals surface area contributed by atoms with Gasteiger partial charge in [0, 0.05) is 17.7 Å². The lowest BCUT2D eigenvalue weighted by molar-refractivity contribution is -0.0646. The molecule has 2 bridgehead atoms. The summed E-state index contributed by atoms with van der Waals surface area (Å²) in [6.07, 6.45) is 6.96. The van der Waals surface area contributed by atoms with E-state index in [1.165, 1.54) is 19.3 Å². The quantitative estimate of drug-likeness (QED) is 0.653. The Morgan fingerprint density at radius 2 is 2.05 bits per heavy atom. The lowest BCUT2D eigenvalue weighted by Crippen LogP contribution is -2.49. The summed E-state index contributed by atoms with van der Waals surface area (Å²) in [4.78, 5) is 4.06. The molecule has 0 saturated heterocycles. The molecule has 1 aromatic rings. The highest BCUT2D eigenvalue weighted by molar-refractivity contribution is 9.10. The first kappa shape index (κ1) is 14.6. The fraction of sp³-hybridized carbons (Fsp3) is 0.688. The van der Waals surface area contributed by atoms with Crippen LogP contribution in [0.3, 0.4) is 0 Å². The Labute approximate surface area is 134 Å². The van der Waals surface area contributed by atoms with Crippen molar-refractivity contribution >= 4 is 27.5 Å². The van der Waals surface area contributed by atoms with Crippen molar-refractivity contribution in [3.63, 3.8) is 0 Å². The lowest BCUT2D eigenvalue weighted by Gasteiger charge is -2.50. The molecule has 2 nitrogen and oxygen atoms in total. The minimum atomic E-state index is 0.241.